The molecule has 0 unspecified atom stereocenters. The summed E-state index contributed by atoms with van der Waals surface area (Å²) in [5.74, 6) is 0.448. The molecule has 2 aromatic rings. The third-order valence-electron chi connectivity index (χ3n) is 4.47. The molecule has 1 atom stereocenters. The number of amides is 1. The Morgan fingerprint density at radius 1 is 1.38 bits per heavy atom. The number of hydrogen-bond acceptors (Lipinski definition) is 3. The van der Waals surface area contributed by atoms with Crippen LogP contribution >= 0.6 is 0 Å². The van der Waals surface area contributed by atoms with Gasteiger partial charge in [0.05, 0.1) is 18.0 Å². The van der Waals surface area contributed by atoms with E-state index in [1.807, 2.05) is 36.5 Å². The molecule has 1 amide bonds. The average molecular weight is 287 g/mol. The average Bonchev–Trinajstić information content (AvgIpc) is 3.11. The van der Waals surface area contributed by atoms with Crippen LogP contribution in [0.25, 0.3) is 0 Å². The van der Waals surface area contributed by atoms with E-state index < -0.39 is 0 Å². The molecule has 1 aliphatic rings. The number of rotatable bonds is 2. The van der Waals surface area contributed by atoms with Crippen LogP contribution in [-0.2, 0) is 7.05 Å². The lowest BCUT2D eigenvalue weighted by atomic mass is 10.0. The number of furan rings is 1. The van der Waals surface area contributed by atoms with E-state index in [1.165, 1.54) is 5.56 Å². The summed E-state index contributed by atoms with van der Waals surface area (Å²) in [5, 5.41) is 4.48. The Labute approximate surface area is 124 Å². The number of carbonyl (C=O) groups excluding carboxylic acids is 1. The first-order valence-corrected chi connectivity index (χ1v) is 7.36. The van der Waals surface area contributed by atoms with E-state index in [2.05, 4.69) is 12.0 Å². The molecular formula is C16H21N3O2. The SMILES string of the molecule is Cc1ccoc1C(=O)N1CCC[C@@H]1c1c(C)nn(C)c1C. The number of hydrogen-bond donors (Lipinski definition) is 0. The Balaban J connectivity index is 1.96. The first kappa shape index (κ1) is 13.9. The van der Waals surface area contributed by atoms with Crippen LogP contribution in [0.4, 0.5) is 0 Å². The van der Waals surface area contributed by atoms with Gasteiger partial charge >= 0.3 is 0 Å². The lowest BCUT2D eigenvalue weighted by molar-refractivity contribution is 0.0701. The Hall–Kier alpha value is -2.04. The molecule has 21 heavy (non-hydrogen) atoms. The molecule has 1 fully saturated rings. The van der Waals surface area contributed by atoms with Crippen molar-refractivity contribution < 1.29 is 9.21 Å². The molecule has 0 radical (unpaired) electrons. The molecule has 3 heterocycles. The fourth-order valence-corrected chi connectivity index (χ4v) is 3.30. The molecule has 1 aliphatic heterocycles. The fraction of sp³-hybridized carbons (Fsp3) is 0.500. The Kier molecular flexibility index (Phi) is 3.35. The van der Waals surface area contributed by atoms with Gasteiger partial charge in [-0.15, -0.1) is 0 Å². The minimum Gasteiger partial charge on any atom is -0.459 e. The highest BCUT2D eigenvalue weighted by molar-refractivity contribution is 5.93. The van der Waals surface area contributed by atoms with Crippen molar-refractivity contribution in [2.24, 2.45) is 7.05 Å². The molecule has 0 aliphatic carbocycles. The highest BCUT2D eigenvalue weighted by Gasteiger charge is 2.35. The molecule has 1 saturated heterocycles. The normalized spacial score (nSPS) is 18.5. The predicted octanol–water partition coefficient (Wildman–Crippen LogP) is 2.92. The molecule has 112 valence electrons. The minimum atomic E-state index is -0.0114. The van der Waals surface area contributed by atoms with Gasteiger partial charge in [-0.05, 0) is 39.7 Å². The van der Waals surface area contributed by atoms with Crippen LogP contribution in [0.15, 0.2) is 16.7 Å². The van der Waals surface area contributed by atoms with E-state index in [0.717, 1.165) is 36.3 Å². The third-order valence-corrected chi connectivity index (χ3v) is 4.47. The van der Waals surface area contributed by atoms with E-state index in [9.17, 15) is 4.79 Å². The van der Waals surface area contributed by atoms with Gasteiger partial charge < -0.3 is 9.32 Å². The van der Waals surface area contributed by atoms with Crippen LogP contribution in [0.3, 0.4) is 0 Å². The number of aromatic nitrogens is 2. The lowest BCUT2D eigenvalue weighted by Gasteiger charge is -2.24. The van der Waals surface area contributed by atoms with E-state index >= 15 is 0 Å². The standard InChI is InChI=1S/C16H21N3O2/c1-10-7-9-21-15(10)16(20)19-8-5-6-13(19)14-11(2)17-18(4)12(14)3/h7,9,13H,5-6,8H2,1-4H3/t13-/m1/s1. The highest BCUT2D eigenvalue weighted by Crippen LogP contribution is 2.36. The Morgan fingerprint density at radius 3 is 2.71 bits per heavy atom. The quantitative estimate of drug-likeness (QED) is 0.853. The molecule has 5 heteroatoms. The topological polar surface area (TPSA) is 51.3 Å². The van der Waals surface area contributed by atoms with Gasteiger partial charge in [0.25, 0.3) is 5.91 Å². The zero-order valence-corrected chi connectivity index (χ0v) is 13.0. The van der Waals surface area contributed by atoms with Crippen molar-refractivity contribution in [1.29, 1.82) is 0 Å². The number of aryl methyl sites for hydroxylation is 3. The number of likely N-dealkylation sites (tertiary alicyclic amines) is 1. The highest BCUT2D eigenvalue weighted by atomic mass is 16.3. The van der Waals surface area contributed by atoms with Crippen molar-refractivity contribution in [3.8, 4) is 0 Å². The minimum absolute atomic E-state index is 0.0114. The van der Waals surface area contributed by atoms with Crippen LogP contribution < -0.4 is 0 Å². The first-order chi connectivity index (χ1) is 10.0. The lowest BCUT2D eigenvalue weighted by Crippen LogP contribution is -2.31. The van der Waals surface area contributed by atoms with Crippen LogP contribution in [0, 0.1) is 20.8 Å². The molecule has 0 spiro atoms. The summed E-state index contributed by atoms with van der Waals surface area (Å²) >= 11 is 0. The maximum absolute atomic E-state index is 12.7. The molecule has 2 aromatic heterocycles. The van der Waals surface area contributed by atoms with Crippen LogP contribution in [0.1, 0.15) is 52.0 Å². The van der Waals surface area contributed by atoms with E-state index in [1.54, 1.807) is 6.26 Å². The summed E-state index contributed by atoms with van der Waals surface area (Å²) in [6.07, 6.45) is 3.58. The van der Waals surface area contributed by atoms with Gasteiger partial charge in [-0.3, -0.25) is 9.48 Å². The van der Waals surface area contributed by atoms with Gasteiger partial charge in [0, 0.05) is 30.4 Å². The summed E-state index contributed by atoms with van der Waals surface area (Å²) in [6.45, 7) is 6.76. The van der Waals surface area contributed by atoms with Crippen LogP contribution in [-0.4, -0.2) is 27.1 Å². The summed E-state index contributed by atoms with van der Waals surface area (Å²) in [7, 11) is 1.95. The summed E-state index contributed by atoms with van der Waals surface area (Å²) in [5.41, 5.74) is 4.22. The van der Waals surface area contributed by atoms with E-state index in [4.69, 9.17) is 4.42 Å². The van der Waals surface area contributed by atoms with Gasteiger partial charge in [0.2, 0.25) is 0 Å². The van der Waals surface area contributed by atoms with E-state index in [-0.39, 0.29) is 11.9 Å². The maximum atomic E-state index is 12.7. The molecule has 0 saturated carbocycles. The van der Waals surface area contributed by atoms with Crippen molar-refractivity contribution >= 4 is 5.91 Å². The second-order valence-corrected chi connectivity index (χ2v) is 5.80. The summed E-state index contributed by atoms with van der Waals surface area (Å²) < 4.78 is 7.27. The van der Waals surface area contributed by atoms with Gasteiger partial charge in [-0.1, -0.05) is 0 Å². The predicted molar refractivity (Wildman–Crippen MR) is 79.1 cm³/mol. The molecule has 0 bridgehead atoms. The van der Waals surface area contributed by atoms with Crippen molar-refractivity contribution in [3.05, 3.63) is 40.6 Å². The van der Waals surface area contributed by atoms with E-state index in [0.29, 0.717) is 5.76 Å². The largest absolute Gasteiger partial charge is 0.459 e. The fourth-order valence-electron chi connectivity index (χ4n) is 3.30. The van der Waals surface area contributed by atoms with Crippen molar-refractivity contribution in [2.75, 3.05) is 6.54 Å². The van der Waals surface area contributed by atoms with Gasteiger partial charge in [0.15, 0.2) is 5.76 Å². The molecule has 0 N–H and O–H groups in total. The van der Waals surface area contributed by atoms with Crippen molar-refractivity contribution in [3.63, 3.8) is 0 Å². The second-order valence-electron chi connectivity index (χ2n) is 5.80. The monoisotopic (exact) mass is 287 g/mol. The summed E-state index contributed by atoms with van der Waals surface area (Å²) in [6, 6.07) is 1.94. The molecule has 0 aromatic carbocycles. The molecule has 5 nitrogen and oxygen atoms in total. The smallest absolute Gasteiger partial charge is 0.290 e. The van der Waals surface area contributed by atoms with Crippen molar-refractivity contribution in [1.82, 2.24) is 14.7 Å². The van der Waals surface area contributed by atoms with Crippen LogP contribution in [0.5, 0.6) is 0 Å². The number of nitrogens with zero attached hydrogens (tertiary/aromatic N) is 3. The van der Waals surface area contributed by atoms with Crippen molar-refractivity contribution in [2.45, 2.75) is 39.7 Å². The second kappa shape index (κ2) is 5.06. The van der Waals surface area contributed by atoms with Crippen LogP contribution in [0.2, 0.25) is 0 Å². The van der Waals surface area contributed by atoms with Gasteiger partial charge in [-0.25, -0.2) is 0 Å². The van der Waals surface area contributed by atoms with Gasteiger partial charge in [0.1, 0.15) is 0 Å². The molecule has 3 rings (SSSR count). The first-order valence-electron chi connectivity index (χ1n) is 7.36. The Bertz CT molecular complexity index is 684. The Morgan fingerprint density at radius 2 is 2.14 bits per heavy atom. The zero-order chi connectivity index (χ0) is 15.1. The number of carbonyl (C=O) groups is 1. The summed E-state index contributed by atoms with van der Waals surface area (Å²) in [4.78, 5) is 14.7. The zero-order valence-electron chi connectivity index (χ0n) is 13.0. The molecular weight excluding hydrogens is 266 g/mol. The van der Waals surface area contributed by atoms with Gasteiger partial charge in [-0.2, -0.15) is 5.10 Å². The third kappa shape index (κ3) is 2.17. The maximum Gasteiger partial charge on any atom is 0.290 e.